The molecule has 0 spiro atoms. The van der Waals surface area contributed by atoms with Gasteiger partial charge in [-0.25, -0.2) is 9.97 Å². The number of hydrogen-bond donors (Lipinski definition) is 1. The molecule has 2 aromatic heterocycles. The first-order chi connectivity index (χ1) is 11.5. The van der Waals surface area contributed by atoms with Crippen molar-refractivity contribution in [1.29, 1.82) is 0 Å². The molecule has 2 unspecified atom stereocenters. The average molecular weight is 348 g/mol. The molecule has 1 N–H and O–H groups in total. The molecular formula is C17H24N4O2S. The fourth-order valence-corrected chi connectivity index (χ4v) is 3.88. The molecule has 24 heavy (non-hydrogen) atoms. The maximum absolute atomic E-state index is 12.3. The zero-order chi connectivity index (χ0) is 17.1. The van der Waals surface area contributed by atoms with Crippen LogP contribution in [-0.4, -0.2) is 33.1 Å². The SMILES string of the molecule is CCOC(C)c1nc(CC(=O)NC2CCc3nc(C)cn3C2)cs1. The molecule has 0 saturated carbocycles. The standard InChI is InChI=1S/C17H24N4O2S/c1-4-23-12(3)17-20-14(10-24-17)7-16(22)19-13-5-6-15-18-11(2)8-21(15)9-13/h8,10,12-13H,4-7,9H2,1-3H3,(H,19,22). The Morgan fingerprint density at radius 2 is 2.38 bits per heavy atom. The lowest BCUT2D eigenvalue weighted by atomic mass is 10.1. The molecule has 3 heterocycles. The fourth-order valence-electron chi connectivity index (χ4n) is 3.06. The summed E-state index contributed by atoms with van der Waals surface area (Å²) in [7, 11) is 0. The van der Waals surface area contributed by atoms with Crippen LogP contribution in [0.5, 0.6) is 0 Å². The number of carbonyl (C=O) groups is 1. The zero-order valence-corrected chi connectivity index (χ0v) is 15.2. The maximum atomic E-state index is 12.3. The summed E-state index contributed by atoms with van der Waals surface area (Å²) in [5, 5.41) is 6.00. The van der Waals surface area contributed by atoms with Crippen LogP contribution < -0.4 is 5.32 Å². The van der Waals surface area contributed by atoms with E-state index in [1.807, 2.05) is 26.2 Å². The number of thiazole rings is 1. The number of rotatable bonds is 6. The van der Waals surface area contributed by atoms with E-state index < -0.39 is 0 Å². The molecule has 0 radical (unpaired) electrons. The molecule has 0 aromatic carbocycles. The van der Waals surface area contributed by atoms with Gasteiger partial charge in [0.25, 0.3) is 0 Å². The van der Waals surface area contributed by atoms with Gasteiger partial charge in [0.05, 0.1) is 17.8 Å². The predicted molar refractivity (Wildman–Crippen MR) is 93.1 cm³/mol. The largest absolute Gasteiger partial charge is 0.372 e. The Kier molecular flexibility index (Phi) is 5.30. The first-order valence-corrected chi connectivity index (χ1v) is 9.31. The van der Waals surface area contributed by atoms with E-state index in [1.165, 1.54) is 0 Å². The number of carbonyl (C=O) groups excluding carboxylic acids is 1. The van der Waals surface area contributed by atoms with Gasteiger partial charge in [-0.05, 0) is 27.2 Å². The number of aryl methyl sites for hydroxylation is 2. The number of fused-ring (bicyclic) bond motifs is 1. The molecule has 0 saturated heterocycles. The first kappa shape index (κ1) is 17.1. The van der Waals surface area contributed by atoms with E-state index in [1.54, 1.807) is 11.3 Å². The Morgan fingerprint density at radius 1 is 1.54 bits per heavy atom. The Balaban J connectivity index is 1.53. The lowest BCUT2D eigenvalue weighted by Gasteiger charge is -2.24. The highest BCUT2D eigenvalue weighted by atomic mass is 32.1. The molecule has 3 rings (SSSR count). The first-order valence-electron chi connectivity index (χ1n) is 8.43. The lowest BCUT2D eigenvalue weighted by molar-refractivity contribution is -0.121. The minimum Gasteiger partial charge on any atom is -0.372 e. The summed E-state index contributed by atoms with van der Waals surface area (Å²) in [6, 6.07) is 0.166. The molecule has 0 bridgehead atoms. The summed E-state index contributed by atoms with van der Waals surface area (Å²) in [5.74, 6) is 1.15. The van der Waals surface area contributed by atoms with E-state index >= 15 is 0 Å². The molecule has 0 fully saturated rings. The van der Waals surface area contributed by atoms with Crippen LogP contribution in [0, 0.1) is 6.92 Å². The highest BCUT2D eigenvalue weighted by Gasteiger charge is 2.21. The number of hydrogen-bond acceptors (Lipinski definition) is 5. The van der Waals surface area contributed by atoms with E-state index in [2.05, 4.69) is 26.0 Å². The van der Waals surface area contributed by atoms with Gasteiger partial charge in [-0.1, -0.05) is 0 Å². The number of aromatic nitrogens is 3. The van der Waals surface area contributed by atoms with Gasteiger partial charge in [0.1, 0.15) is 16.9 Å². The summed E-state index contributed by atoms with van der Waals surface area (Å²) < 4.78 is 7.69. The summed E-state index contributed by atoms with van der Waals surface area (Å²) in [5.41, 5.74) is 1.85. The Morgan fingerprint density at radius 3 is 3.17 bits per heavy atom. The number of nitrogens with one attached hydrogen (secondary N) is 1. The van der Waals surface area contributed by atoms with Crippen LogP contribution >= 0.6 is 11.3 Å². The summed E-state index contributed by atoms with van der Waals surface area (Å²) in [6.45, 7) is 7.41. The van der Waals surface area contributed by atoms with Crippen molar-refractivity contribution in [1.82, 2.24) is 19.9 Å². The van der Waals surface area contributed by atoms with Crippen LogP contribution in [0.4, 0.5) is 0 Å². The second-order valence-electron chi connectivity index (χ2n) is 6.21. The lowest BCUT2D eigenvalue weighted by Crippen LogP contribution is -2.41. The molecule has 1 amide bonds. The van der Waals surface area contributed by atoms with Crippen molar-refractivity contribution >= 4 is 17.2 Å². The van der Waals surface area contributed by atoms with Gasteiger partial charge in [-0.15, -0.1) is 11.3 Å². The summed E-state index contributed by atoms with van der Waals surface area (Å²) >= 11 is 1.55. The normalized spacial score (nSPS) is 18.2. The summed E-state index contributed by atoms with van der Waals surface area (Å²) in [6.07, 6.45) is 4.20. The average Bonchev–Trinajstić information content (AvgIpc) is 3.12. The monoisotopic (exact) mass is 348 g/mol. The van der Waals surface area contributed by atoms with E-state index in [0.717, 1.165) is 41.6 Å². The fraction of sp³-hybridized carbons (Fsp3) is 0.588. The minimum absolute atomic E-state index is 0.0157. The van der Waals surface area contributed by atoms with Crippen molar-refractivity contribution in [3.63, 3.8) is 0 Å². The van der Waals surface area contributed by atoms with Gasteiger partial charge < -0.3 is 14.6 Å². The Bertz CT molecular complexity index is 709. The van der Waals surface area contributed by atoms with Crippen molar-refractivity contribution in [3.8, 4) is 0 Å². The number of ether oxygens (including phenoxy) is 1. The van der Waals surface area contributed by atoms with Gasteiger partial charge in [0.15, 0.2) is 0 Å². The third-order valence-electron chi connectivity index (χ3n) is 4.15. The highest BCUT2D eigenvalue weighted by molar-refractivity contribution is 7.09. The van der Waals surface area contributed by atoms with Gasteiger partial charge in [0.2, 0.25) is 5.91 Å². The molecule has 0 aliphatic carbocycles. The number of imidazole rings is 1. The maximum Gasteiger partial charge on any atom is 0.226 e. The van der Waals surface area contributed by atoms with E-state index in [-0.39, 0.29) is 18.1 Å². The molecule has 1 aliphatic heterocycles. The molecular weight excluding hydrogens is 324 g/mol. The Labute approximate surface area is 146 Å². The van der Waals surface area contributed by atoms with Crippen molar-refractivity contribution in [3.05, 3.63) is 33.8 Å². The molecule has 1 aliphatic rings. The minimum atomic E-state index is -0.0157. The van der Waals surface area contributed by atoms with E-state index in [9.17, 15) is 4.79 Å². The van der Waals surface area contributed by atoms with Crippen LogP contribution in [-0.2, 0) is 28.9 Å². The molecule has 6 nitrogen and oxygen atoms in total. The Hall–Kier alpha value is -1.73. The number of amides is 1. The van der Waals surface area contributed by atoms with Crippen molar-refractivity contribution < 1.29 is 9.53 Å². The molecule has 130 valence electrons. The second-order valence-corrected chi connectivity index (χ2v) is 7.10. The third-order valence-corrected chi connectivity index (χ3v) is 5.21. The second kappa shape index (κ2) is 7.44. The van der Waals surface area contributed by atoms with Crippen LogP contribution in [0.25, 0.3) is 0 Å². The number of nitrogens with zero attached hydrogens (tertiary/aromatic N) is 3. The van der Waals surface area contributed by atoms with Crippen LogP contribution in [0.15, 0.2) is 11.6 Å². The van der Waals surface area contributed by atoms with Gasteiger partial charge in [-0.3, -0.25) is 4.79 Å². The predicted octanol–water partition coefficient (Wildman–Crippen LogP) is 2.42. The van der Waals surface area contributed by atoms with Crippen molar-refractivity contribution in [2.75, 3.05) is 6.61 Å². The van der Waals surface area contributed by atoms with E-state index in [0.29, 0.717) is 13.0 Å². The molecule has 2 atom stereocenters. The van der Waals surface area contributed by atoms with Crippen LogP contribution in [0.2, 0.25) is 0 Å². The van der Waals surface area contributed by atoms with Crippen molar-refractivity contribution in [2.45, 2.75) is 58.7 Å². The molecule has 2 aromatic rings. The van der Waals surface area contributed by atoms with Gasteiger partial charge >= 0.3 is 0 Å². The van der Waals surface area contributed by atoms with Gasteiger partial charge in [0, 0.05) is 37.2 Å². The zero-order valence-electron chi connectivity index (χ0n) is 14.4. The van der Waals surface area contributed by atoms with Gasteiger partial charge in [-0.2, -0.15) is 0 Å². The molecule has 7 heteroatoms. The van der Waals surface area contributed by atoms with Crippen molar-refractivity contribution in [2.24, 2.45) is 0 Å². The van der Waals surface area contributed by atoms with E-state index in [4.69, 9.17) is 4.74 Å². The van der Waals surface area contributed by atoms with Crippen LogP contribution in [0.3, 0.4) is 0 Å². The summed E-state index contributed by atoms with van der Waals surface area (Å²) in [4.78, 5) is 21.3. The highest BCUT2D eigenvalue weighted by Crippen LogP contribution is 2.21. The quantitative estimate of drug-likeness (QED) is 0.870. The van der Waals surface area contributed by atoms with Crippen LogP contribution in [0.1, 0.15) is 48.6 Å². The smallest absolute Gasteiger partial charge is 0.226 e. The third kappa shape index (κ3) is 4.02. The topological polar surface area (TPSA) is 69.0 Å².